The summed E-state index contributed by atoms with van der Waals surface area (Å²) in [5.41, 5.74) is 2.91. The van der Waals surface area contributed by atoms with E-state index in [4.69, 9.17) is 0 Å². The minimum absolute atomic E-state index is 0.0765. The van der Waals surface area contributed by atoms with Crippen molar-refractivity contribution in [2.24, 2.45) is 0 Å². The number of para-hydroxylation sites is 1. The van der Waals surface area contributed by atoms with Crippen molar-refractivity contribution in [1.82, 2.24) is 10.2 Å². The Balaban J connectivity index is 2.52. The summed E-state index contributed by atoms with van der Waals surface area (Å²) in [6.45, 7) is 8.12. The van der Waals surface area contributed by atoms with Crippen LogP contribution in [-0.4, -0.2) is 42.9 Å². The second-order valence-corrected chi connectivity index (χ2v) is 5.71. The molecule has 116 valence electrons. The molecule has 0 unspecified atom stereocenters. The number of hydrogen-bond donors (Lipinski definition) is 2. The van der Waals surface area contributed by atoms with Gasteiger partial charge in [0, 0.05) is 11.7 Å². The van der Waals surface area contributed by atoms with E-state index >= 15 is 0 Å². The Labute approximate surface area is 126 Å². The topological polar surface area (TPSA) is 61.4 Å². The molecule has 0 fully saturated rings. The Morgan fingerprint density at radius 1 is 1.10 bits per heavy atom. The van der Waals surface area contributed by atoms with Gasteiger partial charge in [0.1, 0.15) is 0 Å². The van der Waals surface area contributed by atoms with E-state index in [2.05, 4.69) is 10.6 Å². The quantitative estimate of drug-likeness (QED) is 0.838. The van der Waals surface area contributed by atoms with Gasteiger partial charge in [-0.25, -0.2) is 0 Å². The Hall–Kier alpha value is -1.88. The van der Waals surface area contributed by atoms with Crippen LogP contribution in [0, 0.1) is 13.8 Å². The molecule has 1 aromatic rings. The van der Waals surface area contributed by atoms with E-state index in [0.29, 0.717) is 0 Å². The third kappa shape index (κ3) is 5.95. The zero-order valence-electron chi connectivity index (χ0n) is 13.5. The molecule has 0 saturated carbocycles. The minimum atomic E-state index is -0.118. The molecule has 0 aliphatic rings. The first-order valence-electron chi connectivity index (χ1n) is 7.13. The largest absolute Gasteiger partial charge is 0.353 e. The maximum Gasteiger partial charge on any atom is 0.238 e. The zero-order chi connectivity index (χ0) is 16.0. The zero-order valence-corrected chi connectivity index (χ0v) is 13.5. The van der Waals surface area contributed by atoms with Crippen molar-refractivity contribution in [2.75, 3.05) is 25.5 Å². The molecule has 1 aromatic carbocycles. The number of aryl methyl sites for hydroxylation is 2. The van der Waals surface area contributed by atoms with E-state index in [0.717, 1.165) is 16.8 Å². The lowest BCUT2D eigenvalue weighted by Crippen LogP contribution is -2.41. The predicted molar refractivity (Wildman–Crippen MR) is 85.3 cm³/mol. The van der Waals surface area contributed by atoms with Crippen LogP contribution < -0.4 is 10.6 Å². The van der Waals surface area contributed by atoms with Crippen molar-refractivity contribution in [1.29, 1.82) is 0 Å². The van der Waals surface area contributed by atoms with Gasteiger partial charge in [-0.2, -0.15) is 0 Å². The predicted octanol–water partition coefficient (Wildman–Crippen LogP) is 1.70. The van der Waals surface area contributed by atoms with E-state index in [1.165, 1.54) is 0 Å². The fraction of sp³-hybridized carbons (Fsp3) is 0.500. The van der Waals surface area contributed by atoms with E-state index in [-0.39, 0.29) is 30.9 Å². The molecule has 5 nitrogen and oxygen atoms in total. The van der Waals surface area contributed by atoms with Crippen molar-refractivity contribution in [3.05, 3.63) is 29.3 Å². The molecule has 0 heterocycles. The first-order chi connectivity index (χ1) is 9.79. The third-order valence-electron chi connectivity index (χ3n) is 3.02. The highest BCUT2D eigenvalue weighted by Gasteiger charge is 2.12. The minimum Gasteiger partial charge on any atom is -0.353 e. The second kappa shape index (κ2) is 7.78. The Bertz CT molecular complexity index is 492. The van der Waals surface area contributed by atoms with Crippen molar-refractivity contribution in [2.45, 2.75) is 33.7 Å². The molecule has 5 heteroatoms. The lowest BCUT2D eigenvalue weighted by molar-refractivity contribution is -0.123. The van der Waals surface area contributed by atoms with Gasteiger partial charge in [-0.3, -0.25) is 14.5 Å². The van der Waals surface area contributed by atoms with Crippen LogP contribution in [0.2, 0.25) is 0 Å². The maximum atomic E-state index is 12.0. The van der Waals surface area contributed by atoms with Crippen LogP contribution >= 0.6 is 0 Å². The van der Waals surface area contributed by atoms with Gasteiger partial charge < -0.3 is 10.6 Å². The Morgan fingerprint density at radius 2 is 1.62 bits per heavy atom. The summed E-state index contributed by atoms with van der Waals surface area (Å²) in [6.07, 6.45) is 0. The van der Waals surface area contributed by atoms with E-state index in [1.54, 1.807) is 11.9 Å². The van der Waals surface area contributed by atoms with E-state index in [1.807, 2.05) is 45.9 Å². The fourth-order valence-corrected chi connectivity index (χ4v) is 2.10. The average Bonchev–Trinajstić information content (AvgIpc) is 2.32. The summed E-state index contributed by atoms with van der Waals surface area (Å²) >= 11 is 0. The first-order valence-corrected chi connectivity index (χ1v) is 7.13. The van der Waals surface area contributed by atoms with Gasteiger partial charge in [0.25, 0.3) is 0 Å². The molecule has 0 aliphatic carbocycles. The molecule has 0 aliphatic heterocycles. The molecule has 0 atom stereocenters. The van der Waals surface area contributed by atoms with Crippen LogP contribution in [0.25, 0.3) is 0 Å². The van der Waals surface area contributed by atoms with E-state index in [9.17, 15) is 9.59 Å². The molecular formula is C16H25N3O2. The summed E-state index contributed by atoms with van der Waals surface area (Å²) in [4.78, 5) is 25.4. The number of nitrogens with one attached hydrogen (secondary N) is 2. The third-order valence-corrected chi connectivity index (χ3v) is 3.02. The number of benzene rings is 1. The van der Waals surface area contributed by atoms with Crippen molar-refractivity contribution >= 4 is 17.5 Å². The molecule has 0 bridgehead atoms. The highest BCUT2D eigenvalue weighted by molar-refractivity contribution is 5.94. The van der Waals surface area contributed by atoms with Gasteiger partial charge in [-0.15, -0.1) is 0 Å². The fourth-order valence-electron chi connectivity index (χ4n) is 2.10. The lowest BCUT2D eigenvalue weighted by atomic mass is 10.1. The van der Waals surface area contributed by atoms with Gasteiger partial charge in [-0.05, 0) is 45.9 Å². The summed E-state index contributed by atoms with van der Waals surface area (Å²) in [6, 6.07) is 5.99. The molecule has 2 N–H and O–H groups in total. The molecule has 21 heavy (non-hydrogen) atoms. The van der Waals surface area contributed by atoms with Gasteiger partial charge >= 0.3 is 0 Å². The number of likely N-dealkylation sites (N-methyl/N-ethyl adjacent to an activating group) is 1. The molecule has 0 saturated heterocycles. The second-order valence-electron chi connectivity index (χ2n) is 5.71. The molecule has 1 rings (SSSR count). The number of carbonyl (C=O) groups is 2. The highest BCUT2D eigenvalue weighted by atomic mass is 16.2. The number of amides is 2. The van der Waals surface area contributed by atoms with Gasteiger partial charge in [0.15, 0.2) is 0 Å². The Kier molecular flexibility index (Phi) is 6.37. The summed E-state index contributed by atoms with van der Waals surface area (Å²) in [5, 5.41) is 5.71. The van der Waals surface area contributed by atoms with Gasteiger partial charge in [0.05, 0.1) is 13.1 Å². The number of rotatable bonds is 6. The van der Waals surface area contributed by atoms with Crippen LogP contribution in [0.3, 0.4) is 0 Å². The van der Waals surface area contributed by atoms with Crippen molar-refractivity contribution in [3.63, 3.8) is 0 Å². The van der Waals surface area contributed by atoms with Crippen LogP contribution in [-0.2, 0) is 9.59 Å². The van der Waals surface area contributed by atoms with Crippen LogP contribution in [0.5, 0.6) is 0 Å². The maximum absolute atomic E-state index is 12.0. The monoisotopic (exact) mass is 291 g/mol. The number of hydrogen-bond acceptors (Lipinski definition) is 3. The normalized spacial score (nSPS) is 10.8. The summed E-state index contributed by atoms with van der Waals surface area (Å²) < 4.78 is 0. The van der Waals surface area contributed by atoms with Gasteiger partial charge in [0.2, 0.25) is 11.8 Å². The number of nitrogens with zero attached hydrogens (tertiary/aromatic N) is 1. The average molecular weight is 291 g/mol. The van der Waals surface area contributed by atoms with Crippen LogP contribution in [0.15, 0.2) is 18.2 Å². The number of anilines is 1. The van der Waals surface area contributed by atoms with E-state index < -0.39 is 0 Å². The number of carbonyl (C=O) groups excluding carboxylic acids is 2. The molecule has 0 spiro atoms. The summed E-state index contributed by atoms with van der Waals surface area (Å²) in [5.74, 6) is -0.195. The standard InChI is InChI=1S/C16H25N3O2/c1-11(2)17-14(20)9-19(5)10-15(21)18-16-12(3)7-6-8-13(16)4/h6-8,11H,9-10H2,1-5H3,(H,17,20)(H,18,21). The Morgan fingerprint density at radius 3 is 2.14 bits per heavy atom. The molecule has 0 aromatic heterocycles. The lowest BCUT2D eigenvalue weighted by Gasteiger charge is -2.18. The van der Waals surface area contributed by atoms with Gasteiger partial charge in [-0.1, -0.05) is 18.2 Å². The molecular weight excluding hydrogens is 266 g/mol. The molecule has 0 radical (unpaired) electrons. The molecule has 2 amide bonds. The first kappa shape index (κ1) is 17.2. The van der Waals surface area contributed by atoms with Crippen LogP contribution in [0.1, 0.15) is 25.0 Å². The van der Waals surface area contributed by atoms with Crippen molar-refractivity contribution < 1.29 is 9.59 Å². The summed E-state index contributed by atoms with van der Waals surface area (Å²) in [7, 11) is 1.75. The van der Waals surface area contributed by atoms with Crippen LogP contribution in [0.4, 0.5) is 5.69 Å². The smallest absolute Gasteiger partial charge is 0.238 e. The SMILES string of the molecule is Cc1cccc(C)c1NC(=O)CN(C)CC(=O)NC(C)C. The highest BCUT2D eigenvalue weighted by Crippen LogP contribution is 2.19. The van der Waals surface area contributed by atoms with Crippen molar-refractivity contribution in [3.8, 4) is 0 Å².